The van der Waals surface area contributed by atoms with Crippen LogP contribution in [0.1, 0.15) is 30.5 Å². The summed E-state index contributed by atoms with van der Waals surface area (Å²) in [5.41, 5.74) is 8.24. The van der Waals surface area contributed by atoms with Gasteiger partial charge >= 0.3 is 0 Å². The number of aryl methyl sites for hydroxylation is 2. The molecule has 0 aliphatic heterocycles. The molecule has 0 bridgehead atoms. The lowest BCUT2D eigenvalue weighted by atomic mass is 10.1. The third-order valence-electron chi connectivity index (χ3n) is 2.12. The number of hydrogen-bond donors (Lipinski definition) is 2. The molecule has 0 aliphatic carbocycles. The smallest absolute Gasteiger partial charge is 0.125 e. The molecule has 0 saturated carbocycles. The van der Waals surface area contributed by atoms with Crippen molar-refractivity contribution in [3.63, 3.8) is 0 Å². The molecule has 0 unspecified atom stereocenters. The Labute approximate surface area is 90.8 Å². The maximum Gasteiger partial charge on any atom is 0.125 e. The minimum absolute atomic E-state index is 0.0947. The van der Waals surface area contributed by atoms with E-state index in [0.717, 1.165) is 22.4 Å². The second-order valence-electron chi connectivity index (χ2n) is 4.02. The fourth-order valence-electron chi connectivity index (χ4n) is 1.53. The van der Waals surface area contributed by atoms with Crippen molar-refractivity contribution < 1.29 is 4.74 Å². The summed E-state index contributed by atoms with van der Waals surface area (Å²) in [4.78, 5) is 0. The van der Waals surface area contributed by atoms with Gasteiger partial charge in [-0.05, 0) is 51.0 Å². The normalized spacial score (nSPS) is 10.5. The maximum absolute atomic E-state index is 7.38. The Morgan fingerprint density at radius 3 is 2.07 bits per heavy atom. The van der Waals surface area contributed by atoms with E-state index in [1.807, 2.05) is 39.8 Å². The lowest BCUT2D eigenvalue weighted by Gasteiger charge is -2.16. The molecular formula is C12H18N2O. The van der Waals surface area contributed by atoms with E-state index in [4.69, 9.17) is 15.9 Å². The fourth-order valence-corrected chi connectivity index (χ4v) is 1.53. The monoisotopic (exact) mass is 206 g/mol. The Hall–Kier alpha value is -1.51. The van der Waals surface area contributed by atoms with Crippen LogP contribution in [0.3, 0.4) is 0 Å². The standard InChI is InChI=1S/C12H18N2O/c1-7(2)15-11-8(3)5-10(12(13)14)6-9(11)4/h5-7H,1-4H3,(H3,13,14). The SMILES string of the molecule is Cc1cc(C(=N)N)cc(C)c1OC(C)C. The van der Waals surface area contributed by atoms with Crippen molar-refractivity contribution in [3.8, 4) is 5.75 Å². The highest BCUT2D eigenvalue weighted by Crippen LogP contribution is 2.25. The molecular weight excluding hydrogens is 188 g/mol. The number of rotatable bonds is 3. The highest BCUT2D eigenvalue weighted by molar-refractivity contribution is 5.95. The number of nitrogens with two attached hydrogens (primary N) is 1. The Morgan fingerprint density at radius 1 is 1.27 bits per heavy atom. The van der Waals surface area contributed by atoms with Gasteiger partial charge in [-0.2, -0.15) is 0 Å². The number of ether oxygens (including phenoxy) is 1. The average Bonchev–Trinajstić information content (AvgIpc) is 2.10. The van der Waals surface area contributed by atoms with E-state index < -0.39 is 0 Å². The summed E-state index contributed by atoms with van der Waals surface area (Å²) >= 11 is 0. The lowest BCUT2D eigenvalue weighted by Crippen LogP contribution is -2.13. The molecule has 3 N–H and O–H groups in total. The predicted molar refractivity (Wildman–Crippen MR) is 62.7 cm³/mol. The molecule has 0 saturated heterocycles. The maximum atomic E-state index is 7.38. The van der Waals surface area contributed by atoms with Gasteiger partial charge in [0, 0.05) is 5.56 Å². The third-order valence-corrected chi connectivity index (χ3v) is 2.12. The summed E-state index contributed by atoms with van der Waals surface area (Å²) in [7, 11) is 0. The number of nitrogens with one attached hydrogen (secondary N) is 1. The first-order chi connectivity index (χ1) is 6.91. The van der Waals surface area contributed by atoms with E-state index >= 15 is 0 Å². The molecule has 0 spiro atoms. The van der Waals surface area contributed by atoms with E-state index in [0.29, 0.717) is 0 Å². The van der Waals surface area contributed by atoms with Crippen LogP contribution in [0.5, 0.6) is 5.75 Å². The van der Waals surface area contributed by atoms with Gasteiger partial charge < -0.3 is 10.5 Å². The van der Waals surface area contributed by atoms with E-state index in [-0.39, 0.29) is 11.9 Å². The summed E-state index contributed by atoms with van der Waals surface area (Å²) in [6.07, 6.45) is 0.158. The first-order valence-corrected chi connectivity index (χ1v) is 5.04. The molecule has 3 heteroatoms. The van der Waals surface area contributed by atoms with Crippen LogP contribution in [0.4, 0.5) is 0 Å². The number of amidine groups is 1. The van der Waals surface area contributed by atoms with Crippen LogP contribution >= 0.6 is 0 Å². The van der Waals surface area contributed by atoms with Crippen molar-refractivity contribution in [1.29, 1.82) is 5.41 Å². The predicted octanol–water partition coefficient (Wildman–Crippen LogP) is 2.37. The molecule has 0 amide bonds. The van der Waals surface area contributed by atoms with Crippen molar-refractivity contribution in [2.45, 2.75) is 33.8 Å². The van der Waals surface area contributed by atoms with Gasteiger partial charge in [0.15, 0.2) is 0 Å². The zero-order chi connectivity index (χ0) is 11.6. The Morgan fingerprint density at radius 2 is 1.73 bits per heavy atom. The minimum Gasteiger partial charge on any atom is -0.490 e. The molecule has 3 nitrogen and oxygen atoms in total. The highest BCUT2D eigenvalue weighted by Gasteiger charge is 2.09. The van der Waals surface area contributed by atoms with E-state index in [2.05, 4.69) is 0 Å². The van der Waals surface area contributed by atoms with E-state index in [1.54, 1.807) is 0 Å². The Bertz CT molecular complexity index is 360. The Balaban J connectivity index is 3.15. The summed E-state index contributed by atoms with van der Waals surface area (Å²) < 4.78 is 5.70. The molecule has 82 valence electrons. The molecule has 1 aromatic rings. The van der Waals surface area contributed by atoms with Crippen molar-refractivity contribution >= 4 is 5.84 Å². The number of hydrogen-bond acceptors (Lipinski definition) is 2. The van der Waals surface area contributed by atoms with Crippen LogP contribution in [-0.4, -0.2) is 11.9 Å². The van der Waals surface area contributed by atoms with Crippen molar-refractivity contribution in [2.75, 3.05) is 0 Å². The molecule has 0 heterocycles. The molecule has 0 atom stereocenters. The van der Waals surface area contributed by atoms with Gasteiger partial charge in [-0.1, -0.05) is 0 Å². The molecule has 0 fully saturated rings. The van der Waals surface area contributed by atoms with Crippen LogP contribution in [0.25, 0.3) is 0 Å². The van der Waals surface area contributed by atoms with Gasteiger partial charge in [-0.25, -0.2) is 0 Å². The first-order valence-electron chi connectivity index (χ1n) is 5.04. The summed E-state index contributed by atoms with van der Waals surface area (Å²) in [5, 5.41) is 7.38. The first kappa shape index (κ1) is 11.6. The van der Waals surface area contributed by atoms with E-state index in [1.165, 1.54) is 0 Å². The van der Waals surface area contributed by atoms with Crippen LogP contribution in [0, 0.1) is 19.3 Å². The van der Waals surface area contributed by atoms with Crippen LogP contribution < -0.4 is 10.5 Å². The van der Waals surface area contributed by atoms with Crippen LogP contribution in [0.15, 0.2) is 12.1 Å². The molecule has 0 aliphatic rings. The van der Waals surface area contributed by atoms with Gasteiger partial charge in [-0.15, -0.1) is 0 Å². The van der Waals surface area contributed by atoms with Crippen molar-refractivity contribution in [3.05, 3.63) is 28.8 Å². The van der Waals surface area contributed by atoms with Gasteiger partial charge in [0.25, 0.3) is 0 Å². The molecule has 0 radical (unpaired) electrons. The molecule has 1 aromatic carbocycles. The molecule has 0 aromatic heterocycles. The quantitative estimate of drug-likeness (QED) is 0.589. The van der Waals surface area contributed by atoms with Crippen LogP contribution in [0.2, 0.25) is 0 Å². The lowest BCUT2D eigenvalue weighted by molar-refractivity contribution is 0.239. The largest absolute Gasteiger partial charge is 0.490 e. The summed E-state index contributed by atoms with van der Waals surface area (Å²) in [5.74, 6) is 0.993. The minimum atomic E-state index is 0.0947. The summed E-state index contributed by atoms with van der Waals surface area (Å²) in [6.45, 7) is 7.93. The van der Waals surface area contributed by atoms with Gasteiger partial charge in [0.1, 0.15) is 11.6 Å². The van der Waals surface area contributed by atoms with Gasteiger partial charge in [0.05, 0.1) is 6.10 Å². The number of benzene rings is 1. The molecule has 1 rings (SSSR count). The zero-order valence-electron chi connectivity index (χ0n) is 9.72. The summed E-state index contributed by atoms with van der Waals surface area (Å²) in [6, 6.07) is 3.76. The number of nitrogen functional groups attached to an aromatic ring is 1. The topological polar surface area (TPSA) is 59.1 Å². The average molecular weight is 206 g/mol. The Kier molecular flexibility index (Phi) is 3.35. The molecule has 15 heavy (non-hydrogen) atoms. The second-order valence-corrected chi connectivity index (χ2v) is 4.02. The van der Waals surface area contributed by atoms with Crippen molar-refractivity contribution in [2.24, 2.45) is 5.73 Å². The van der Waals surface area contributed by atoms with E-state index in [9.17, 15) is 0 Å². The van der Waals surface area contributed by atoms with Gasteiger partial charge in [-0.3, -0.25) is 5.41 Å². The van der Waals surface area contributed by atoms with Gasteiger partial charge in [0.2, 0.25) is 0 Å². The third kappa shape index (κ3) is 2.72. The zero-order valence-corrected chi connectivity index (χ0v) is 9.72. The fraction of sp³-hybridized carbons (Fsp3) is 0.417. The highest BCUT2D eigenvalue weighted by atomic mass is 16.5. The second kappa shape index (κ2) is 4.34. The van der Waals surface area contributed by atoms with Crippen LogP contribution in [-0.2, 0) is 0 Å². The van der Waals surface area contributed by atoms with Crippen molar-refractivity contribution in [1.82, 2.24) is 0 Å².